The van der Waals surface area contributed by atoms with E-state index in [2.05, 4.69) is 11.6 Å². The summed E-state index contributed by atoms with van der Waals surface area (Å²) < 4.78 is 50.4. The van der Waals surface area contributed by atoms with E-state index in [9.17, 15) is 32.4 Å². The number of carbonyl (C=O) groups excluding carboxylic acids is 5. The van der Waals surface area contributed by atoms with Crippen LogP contribution < -0.4 is 14.2 Å². The van der Waals surface area contributed by atoms with Gasteiger partial charge in [-0.3, -0.25) is 23.9 Å². The highest BCUT2D eigenvalue weighted by Crippen LogP contribution is 2.57. The summed E-state index contributed by atoms with van der Waals surface area (Å²) in [5.41, 5.74) is -1.88. The fourth-order valence-electron chi connectivity index (χ4n) is 8.04. The van der Waals surface area contributed by atoms with E-state index in [0.29, 0.717) is 50.4 Å². The molecule has 1 saturated heterocycles. The summed E-state index contributed by atoms with van der Waals surface area (Å²) in [6, 6.07) is 3.62. The molecule has 6 rings (SSSR count). The van der Waals surface area contributed by atoms with Crippen molar-refractivity contribution in [3.05, 3.63) is 35.9 Å². The molecule has 2 amide bonds. The highest BCUT2D eigenvalue weighted by molar-refractivity contribution is 7.91. The van der Waals surface area contributed by atoms with E-state index < -0.39 is 73.4 Å². The normalized spacial score (nSPS) is 31.5. The molecule has 2 saturated carbocycles. The van der Waals surface area contributed by atoms with Gasteiger partial charge < -0.3 is 23.8 Å². The molecule has 0 bridgehead atoms. The van der Waals surface area contributed by atoms with Crippen molar-refractivity contribution in [1.29, 1.82) is 0 Å². The van der Waals surface area contributed by atoms with E-state index in [-0.39, 0.29) is 55.5 Å². The van der Waals surface area contributed by atoms with Crippen LogP contribution in [0.4, 0.5) is 0 Å². The van der Waals surface area contributed by atoms with Crippen LogP contribution in [0.2, 0.25) is 0 Å². The molecule has 14 heteroatoms. The minimum atomic E-state index is -3.97. The van der Waals surface area contributed by atoms with E-state index >= 15 is 0 Å². The molecule has 0 unspecified atom stereocenters. The van der Waals surface area contributed by atoms with E-state index in [1.165, 1.54) is 11.0 Å². The number of ketones is 1. The molecule has 0 radical (unpaired) electrons. The largest absolute Gasteiger partial charge is 0.486 e. The van der Waals surface area contributed by atoms with Crippen LogP contribution in [0.1, 0.15) is 110 Å². The number of sulfonamides is 1. The number of nitrogens with one attached hydrogen (secondary N) is 1. The topological polar surface area (TPSA) is 172 Å². The molecule has 296 valence electrons. The van der Waals surface area contributed by atoms with Gasteiger partial charge >= 0.3 is 11.9 Å². The predicted octanol–water partition coefficient (Wildman–Crippen LogP) is 4.91. The first-order valence-corrected chi connectivity index (χ1v) is 20.7. The molecule has 7 atom stereocenters. The van der Waals surface area contributed by atoms with Crippen LogP contribution in [0.5, 0.6) is 11.5 Å². The van der Waals surface area contributed by atoms with Crippen LogP contribution in [0.25, 0.3) is 0 Å². The number of amides is 2. The van der Waals surface area contributed by atoms with Gasteiger partial charge in [-0.1, -0.05) is 26.0 Å². The molecule has 0 spiro atoms. The molecule has 13 nitrogen and oxygen atoms in total. The Hall–Kier alpha value is -3.94. The van der Waals surface area contributed by atoms with Gasteiger partial charge in [0.05, 0.1) is 40.7 Å². The third-order valence-corrected chi connectivity index (χ3v) is 13.8. The van der Waals surface area contributed by atoms with Crippen molar-refractivity contribution in [3.63, 3.8) is 0 Å². The Labute approximate surface area is 317 Å². The van der Waals surface area contributed by atoms with Gasteiger partial charge in [0.2, 0.25) is 21.8 Å². The Kier molecular flexibility index (Phi) is 11.0. The quantitative estimate of drug-likeness (QED) is 0.295. The van der Waals surface area contributed by atoms with Crippen molar-refractivity contribution in [3.8, 4) is 11.5 Å². The molecule has 3 heterocycles. The van der Waals surface area contributed by atoms with Crippen LogP contribution >= 0.6 is 0 Å². The molecule has 1 N–H and O–H groups in total. The first-order chi connectivity index (χ1) is 25.3. The fraction of sp³-hybridized carbons (Fsp3) is 0.675. The zero-order valence-electron chi connectivity index (χ0n) is 32.2. The summed E-state index contributed by atoms with van der Waals surface area (Å²) >= 11 is 0. The number of rotatable bonds is 7. The van der Waals surface area contributed by atoms with Gasteiger partial charge in [0, 0.05) is 12.8 Å². The van der Waals surface area contributed by atoms with Gasteiger partial charge in [0.25, 0.3) is 0 Å². The zero-order chi connectivity index (χ0) is 39.2. The molecule has 5 aliphatic rings. The molecular weight excluding hydrogens is 717 g/mol. The van der Waals surface area contributed by atoms with Crippen LogP contribution in [-0.4, -0.2) is 85.1 Å². The summed E-state index contributed by atoms with van der Waals surface area (Å²) in [5.74, 6) is -3.16. The number of esters is 2. The van der Waals surface area contributed by atoms with Gasteiger partial charge in [0.15, 0.2) is 17.3 Å². The fourth-order valence-corrected chi connectivity index (χ4v) is 9.37. The maximum Gasteiger partial charge on any atom is 0.338 e. The summed E-state index contributed by atoms with van der Waals surface area (Å²) in [6.45, 7) is 11.5. The summed E-state index contributed by atoms with van der Waals surface area (Å²) in [5, 5.41) is 0. The second kappa shape index (κ2) is 15.0. The molecule has 3 fully saturated rings. The molecule has 54 heavy (non-hydrogen) atoms. The number of hydrogen-bond donors (Lipinski definition) is 1. The smallest absolute Gasteiger partial charge is 0.338 e. The van der Waals surface area contributed by atoms with Crippen molar-refractivity contribution in [1.82, 2.24) is 9.62 Å². The Morgan fingerprint density at radius 1 is 1.04 bits per heavy atom. The standard InChI is InChI=1S/C40H54N2O11S/c1-24-9-7-8-10-27-21-40(27,37(47)41-54(48,49)39(6)13-14-39)22-31(43)30-19-28(52-36(46)26-11-12-32-33(18-26)51-16-15-50-32)23-42(30)35(45)29(25(2)17-24)20-34(44)53-38(3,4)5/h8,10-12,18,24-25,27-30H,7,9,13-17,19-23H2,1-6H3,(H,41,47)/b10-8-/t24-,25-,27-,28-,29+,30+,40-/m1/s1. The van der Waals surface area contributed by atoms with Gasteiger partial charge in [-0.05, 0) is 102 Å². The highest BCUT2D eigenvalue weighted by atomic mass is 32.2. The molecule has 1 aromatic carbocycles. The van der Waals surface area contributed by atoms with Crippen LogP contribution in [0, 0.1) is 29.1 Å². The minimum absolute atomic E-state index is 0.0284. The van der Waals surface area contributed by atoms with E-state index in [0.717, 1.165) is 6.42 Å². The SMILES string of the molecule is C[C@@H]1CC/C=C\[C@@H]2C[C@@]2(C(=O)NS(=O)(=O)C2(C)CC2)CC(=O)[C@@H]2C[C@@H](OC(=O)c3ccc4c(c3)OCCO4)CN2C(=O)[C@@H](CC(=O)OC(C)(C)C)[C@H](C)C1. The van der Waals surface area contributed by atoms with Crippen LogP contribution in [-0.2, 0) is 38.7 Å². The first kappa shape index (κ1) is 39.7. The third kappa shape index (κ3) is 8.63. The lowest BCUT2D eigenvalue weighted by Crippen LogP contribution is -2.48. The number of carbonyl (C=O) groups is 5. The number of benzene rings is 1. The number of nitrogens with zero attached hydrogens (tertiary/aromatic N) is 1. The zero-order valence-corrected chi connectivity index (χ0v) is 33.0. The third-order valence-electron chi connectivity index (χ3n) is 11.7. The number of fused-ring (bicyclic) bond motifs is 3. The number of ether oxygens (including phenoxy) is 4. The average Bonchev–Trinajstić information content (AvgIpc) is 3.97. The monoisotopic (exact) mass is 770 g/mol. The van der Waals surface area contributed by atoms with Gasteiger partial charge in [-0.25, -0.2) is 13.2 Å². The Balaban J connectivity index is 1.31. The van der Waals surface area contributed by atoms with Crippen molar-refractivity contribution in [2.45, 2.75) is 122 Å². The number of Topliss-reactive ketones (excluding diaryl/α,β-unsaturated/α-hetero) is 1. The van der Waals surface area contributed by atoms with E-state index in [1.807, 2.05) is 19.1 Å². The maximum absolute atomic E-state index is 14.7. The summed E-state index contributed by atoms with van der Waals surface area (Å²) in [7, 11) is -3.97. The van der Waals surface area contributed by atoms with Crippen molar-refractivity contribution >= 4 is 39.6 Å². The maximum atomic E-state index is 14.7. The van der Waals surface area contributed by atoms with Gasteiger partial charge in [0.1, 0.15) is 24.9 Å². The number of hydrogen-bond acceptors (Lipinski definition) is 11. The highest BCUT2D eigenvalue weighted by Gasteiger charge is 2.62. The second-order valence-electron chi connectivity index (χ2n) is 17.3. The predicted molar refractivity (Wildman–Crippen MR) is 197 cm³/mol. The lowest BCUT2D eigenvalue weighted by Gasteiger charge is -2.32. The molecular formula is C40H54N2O11S. The van der Waals surface area contributed by atoms with E-state index in [1.54, 1.807) is 39.8 Å². The molecule has 0 aromatic heterocycles. The minimum Gasteiger partial charge on any atom is -0.486 e. The lowest BCUT2D eigenvalue weighted by molar-refractivity contribution is -0.160. The molecule has 1 aromatic rings. The Morgan fingerprint density at radius 2 is 1.74 bits per heavy atom. The summed E-state index contributed by atoms with van der Waals surface area (Å²) in [6.07, 6.45) is 5.77. The van der Waals surface area contributed by atoms with Gasteiger partial charge in [-0.2, -0.15) is 0 Å². The van der Waals surface area contributed by atoms with Crippen molar-refractivity contribution in [2.24, 2.45) is 29.1 Å². The average molecular weight is 771 g/mol. The van der Waals surface area contributed by atoms with Crippen LogP contribution in [0.3, 0.4) is 0 Å². The van der Waals surface area contributed by atoms with Crippen molar-refractivity contribution in [2.75, 3.05) is 19.8 Å². The second-order valence-corrected chi connectivity index (χ2v) is 19.5. The van der Waals surface area contributed by atoms with Gasteiger partial charge in [-0.15, -0.1) is 0 Å². The number of allylic oxidation sites excluding steroid dienone is 2. The summed E-state index contributed by atoms with van der Waals surface area (Å²) in [4.78, 5) is 71.2. The Morgan fingerprint density at radius 3 is 2.43 bits per heavy atom. The Bertz CT molecular complexity index is 1810. The van der Waals surface area contributed by atoms with Crippen molar-refractivity contribution < 1.29 is 51.3 Å². The molecule has 3 aliphatic heterocycles. The molecule has 2 aliphatic carbocycles. The van der Waals surface area contributed by atoms with E-state index in [4.69, 9.17) is 18.9 Å². The first-order valence-electron chi connectivity index (χ1n) is 19.2. The van der Waals surface area contributed by atoms with Crippen LogP contribution in [0.15, 0.2) is 30.4 Å². The lowest BCUT2D eigenvalue weighted by atomic mass is 9.82.